The molecule has 0 unspecified atom stereocenters. The SMILES string of the molecule is Nc1cnc(-c2ccc(C3CCC3)c(OCc3ccccc3)c2)cn1. The maximum Gasteiger partial charge on any atom is 0.141 e. The largest absolute Gasteiger partial charge is 0.489 e. The lowest BCUT2D eigenvalue weighted by Crippen LogP contribution is -2.11. The molecule has 0 radical (unpaired) electrons. The van der Waals surface area contributed by atoms with E-state index >= 15 is 0 Å². The van der Waals surface area contributed by atoms with Crippen molar-refractivity contribution in [3.8, 4) is 17.0 Å². The molecule has 2 N–H and O–H groups in total. The van der Waals surface area contributed by atoms with Gasteiger partial charge in [-0.1, -0.05) is 48.9 Å². The fraction of sp³-hybridized carbons (Fsp3) is 0.238. The molecule has 0 spiro atoms. The molecule has 0 amide bonds. The average Bonchev–Trinajstić information content (AvgIpc) is 2.61. The van der Waals surface area contributed by atoms with Crippen molar-refractivity contribution in [2.45, 2.75) is 31.8 Å². The number of hydrogen-bond donors (Lipinski definition) is 1. The van der Waals surface area contributed by atoms with Crippen LogP contribution in [0.2, 0.25) is 0 Å². The van der Waals surface area contributed by atoms with E-state index in [0.29, 0.717) is 18.3 Å². The summed E-state index contributed by atoms with van der Waals surface area (Å²) in [6.07, 6.45) is 7.06. The summed E-state index contributed by atoms with van der Waals surface area (Å²) in [5.41, 5.74) is 9.91. The van der Waals surface area contributed by atoms with Gasteiger partial charge in [-0.2, -0.15) is 0 Å². The van der Waals surface area contributed by atoms with Crippen LogP contribution in [-0.2, 0) is 6.61 Å². The minimum Gasteiger partial charge on any atom is -0.489 e. The Bertz CT molecular complexity index is 843. The summed E-state index contributed by atoms with van der Waals surface area (Å²) in [6, 6.07) is 16.6. The Kier molecular flexibility index (Phi) is 4.34. The Balaban J connectivity index is 1.63. The number of ether oxygens (including phenoxy) is 1. The molecule has 2 aromatic carbocycles. The van der Waals surface area contributed by atoms with Crippen molar-refractivity contribution in [3.05, 3.63) is 72.1 Å². The van der Waals surface area contributed by atoms with Gasteiger partial charge in [-0.25, -0.2) is 4.98 Å². The van der Waals surface area contributed by atoms with E-state index in [9.17, 15) is 0 Å². The summed E-state index contributed by atoms with van der Waals surface area (Å²) < 4.78 is 6.19. The van der Waals surface area contributed by atoms with E-state index < -0.39 is 0 Å². The van der Waals surface area contributed by atoms with Crippen LogP contribution in [0.25, 0.3) is 11.3 Å². The molecular weight excluding hydrogens is 310 g/mol. The van der Waals surface area contributed by atoms with Gasteiger partial charge in [0.1, 0.15) is 18.2 Å². The standard InChI is InChI=1S/C21H21N3O/c22-21-13-23-19(12-24-21)17-9-10-18(16-7-4-8-16)20(11-17)25-14-15-5-2-1-3-6-15/h1-3,5-6,9-13,16H,4,7-8,14H2,(H2,22,24). The first-order chi connectivity index (χ1) is 12.3. The number of benzene rings is 2. The average molecular weight is 331 g/mol. The van der Waals surface area contributed by atoms with E-state index in [1.54, 1.807) is 12.4 Å². The fourth-order valence-corrected chi connectivity index (χ4v) is 3.10. The molecule has 3 aromatic rings. The number of nitrogens with zero attached hydrogens (tertiary/aromatic N) is 2. The van der Waals surface area contributed by atoms with Gasteiger partial charge in [-0.05, 0) is 36.0 Å². The topological polar surface area (TPSA) is 61.0 Å². The first kappa shape index (κ1) is 15.6. The molecule has 4 heteroatoms. The zero-order chi connectivity index (χ0) is 17.1. The summed E-state index contributed by atoms with van der Waals surface area (Å²) in [4.78, 5) is 8.51. The Morgan fingerprint density at radius 2 is 1.84 bits per heavy atom. The van der Waals surface area contributed by atoms with Crippen LogP contribution < -0.4 is 10.5 Å². The normalized spacial score (nSPS) is 14.1. The summed E-state index contributed by atoms with van der Waals surface area (Å²) in [5, 5.41) is 0. The number of nitrogen functional groups attached to an aromatic ring is 1. The van der Waals surface area contributed by atoms with Crippen LogP contribution in [0.1, 0.15) is 36.3 Å². The quantitative estimate of drug-likeness (QED) is 0.744. The van der Waals surface area contributed by atoms with Crippen molar-refractivity contribution < 1.29 is 4.74 Å². The zero-order valence-electron chi connectivity index (χ0n) is 14.1. The maximum absolute atomic E-state index is 6.19. The Hall–Kier alpha value is -2.88. The first-order valence-corrected chi connectivity index (χ1v) is 8.68. The number of hydrogen-bond acceptors (Lipinski definition) is 4. The zero-order valence-corrected chi connectivity index (χ0v) is 14.1. The Morgan fingerprint density at radius 1 is 1.00 bits per heavy atom. The lowest BCUT2D eigenvalue weighted by molar-refractivity contribution is 0.294. The molecule has 1 heterocycles. The summed E-state index contributed by atoms with van der Waals surface area (Å²) in [6.45, 7) is 0.567. The van der Waals surface area contributed by atoms with Gasteiger partial charge in [-0.3, -0.25) is 4.98 Å². The highest BCUT2D eigenvalue weighted by Crippen LogP contribution is 2.42. The monoisotopic (exact) mass is 331 g/mol. The van der Waals surface area contributed by atoms with E-state index in [2.05, 4.69) is 40.3 Å². The molecule has 4 rings (SSSR count). The van der Waals surface area contributed by atoms with Gasteiger partial charge < -0.3 is 10.5 Å². The van der Waals surface area contributed by atoms with Gasteiger partial charge in [0.25, 0.3) is 0 Å². The molecule has 1 aliphatic rings. The van der Waals surface area contributed by atoms with E-state index in [1.807, 2.05) is 18.2 Å². The van der Waals surface area contributed by atoms with Crippen LogP contribution in [-0.4, -0.2) is 9.97 Å². The highest BCUT2D eigenvalue weighted by Gasteiger charge is 2.23. The van der Waals surface area contributed by atoms with Crippen molar-refractivity contribution in [3.63, 3.8) is 0 Å². The summed E-state index contributed by atoms with van der Waals surface area (Å²) in [7, 11) is 0. The third-order valence-electron chi connectivity index (χ3n) is 4.76. The van der Waals surface area contributed by atoms with Gasteiger partial charge in [0.15, 0.2) is 0 Å². The van der Waals surface area contributed by atoms with E-state index in [-0.39, 0.29) is 0 Å². The van der Waals surface area contributed by atoms with Crippen molar-refractivity contribution in [1.29, 1.82) is 0 Å². The highest BCUT2D eigenvalue weighted by atomic mass is 16.5. The van der Waals surface area contributed by atoms with Gasteiger partial charge >= 0.3 is 0 Å². The molecule has 4 nitrogen and oxygen atoms in total. The lowest BCUT2D eigenvalue weighted by atomic mass is 9.79. The van der Waals surface area contributed by atoms with Crippen molar-refractivity contribution in [2.24, 2.45) is 0 Å². The number of nitrogens with two attached hydrogens (primary N) is 1. The molecular formula is C21H21N3O. The third-order valence-corrected chi connectivity index (χ3v) is 4.76. The fourth-order valence-electron chi connectivity index (χ4n) is 3.10. The second kappa shape index (κ2) is 6.93. The molecule has 1 aromatic heterocycles. The second-order valence-corrected chi connectivity index (χ2v) is 6.48. The van der Waals surface area contributed by atoms with E-state index in [1.165, 1.54) is 30.4 Å². The Labute approximate surface area is 147 Å². The van der Waals surface area contributed by atoms with E-state index in [0.717, 1.165) is 17.0 Å². The second-order valence-electron chi connectivity index (χ2n) is 6.48. The molecule has 0 bridgehead atoms. The van der Waals surface area contributed by atoms with Gasteiger partial charge in [0, 0.05) is 5.56 Å². The predicted octanol–water partition coefficient (Wildman–Crippen LogP) is 4.57. The lowest BCUT2D eigenvalue weighted by Gasteiger charge is -2.28. The molecule has 0 saturated heterocycles. The molecule has 25 heavy (non-hydrogen) atoms. The van der Waals surface area contributed by atoms with Gasteiger partial charge in [0.05, 0.1) is 18.1 Å². The predicted molar refractivity (Wildman–Crippen MR) is 99.2 cm³/mol. The molecule has 0 aliphatic heterocycles. The van der Waals surface area contributed by atoms with Crippen LogP contribution in [0.4, 0.5) is 5.82 Å². The number of aromatic nitrogens is 2. The minimum atomic E-state index is 0.426. The summed E-state index contributed by atoms with van der Waals surface area (Å²) in [5.74, 6) is 1.98. The smallest absolute Gasteiger partial charge is 0.141 e. The highest BCUT2D eigenvalue weighted by molar-refractivity contribution is 5.62. The molecule has 1 aliphatic carbocycles. The molecule has 126 valence electrons. The van der Waals surface area contributed by atoms with Crippen molar-refractivity contribution in [2.75, 3.05) is 5.73 Å². The molecule has 1 saturated carbocycles. The Morgan fingerprint density at radius 3 is 2.52 bits per heavy atom. The first-order valence-electron chi connectivity index (χ1n) is 8.68. The van der Waals surface area contributed by atoms with E-state index in [4.69, 9.17) is 10.5 Å². The van der Waals surface area contributed by atoms with Gasteiger partial charge in [-0.15, -0.1) is 0 Å². The van der Waals surface area contributed by atoms with Crippen LogP contribution in [0, 0.1) is 0 Å². The molecule has 1 fully saturated rings. The van der Waals surface area contributed by atoms with Crippen LogP contribution in [0.15, 0.2) is 60.9 Å². The van der Waals surface area contributed by atoms with Crippen LogP contribution >= 0.6 is 0 Å². The maximum atomic E-state index is 6.19. The van der Waals surface area contributed by atoms with Gasteiger partial charge in [0.2, 0.25) is 0 Å². The third kappa shape index (κ3) is 3.48. The van der Waals surface area contributed by atoms with Crippen LogP contribution in [0.3, 0.4) is 0 Å². The summed E-state index contributed by atoms with van der Waals surface area (Å²) >= 11 is 0. The van der Waals surface area contributed by atoms with Crippen molar-refractivity contribution >= 4 is 5.82 Å². The number of anilines is 1. The number of rotatable bonds is 5. The molecule has 0 atom stereocenters. The van der Waals surface area contributed by atoms with Crippen LogP contribution in [0.5, 0.6) is 5.75 Å². The minimum absolute atomic E-state index is 0.426. The van der Waals surface area contributed by atoms with Crippen molar-refractivity contribution in [1.82, 2.24) is 9.97 Å².